The highest BCUT2D eigenvalue weighted by Crippen LogP contribution is 2.15. The first kappa shape index (κ1) is 9.82. The van der Waals surface area contributed by atoms with Gasteiger partial charge in [0, 0.05) is 12.7 Å². The maximum absolute atomic E-state index is 10.6. The third-order valence-electron chi connectivity index (χ3n) is 1.65. The predicted octanol–water partition coefficient (Wildman–Crippen LogP) is -0.0652. The van der Waals surface area contributed by atoms with Gasteiger partial charge in [-0.2, -0.15) is 0 Å². The number of thiol groups is 1. The van der Waals surface area contributed by atoms with E-state index >= 15 is 0 Å². The minimum Gasteiger partial charge on any atom is -0.324 e. The fraction of sp³-hybridized carbons (Fsp3) is 0.143. The summed E-state index contributed by atoms with van der Waals surface area (Å²) in [5.74, 6) is 5.15. The SMILES string of the molecule is CN(c1ccc(NN)cc1)[SH](=O)=O. The summed E-state index contributed by atoms with van der Waals surface area (Å²) >= 11 is 0. The Bertz CT molecular complexity index is 339. The molecule has 0 aromatic heterocycles. The Balaban J connectivity index is 2.92. The largest absolute Gasteiger partial charge is 0.324 e. The molecule has 0 bridgehead atoms. The van der Waals surface area contributed by atoms with Gasteiger partial charge in [0.1, 0.15) is 0 Å². The molecule has 72 valence electrons. The minimum absolute atomic E-state index is 0.607. The summed E-state index contributed by atoms with van der Waals surface area (Å²) in [7, 11) is -1.09. The molecular weight excluding hydrogens is 190 g/mol. The molecule has 0 saturated heterocycles. The third-order valence-corrected chi connectivity index (χ3v) is 2.37. The molecule has 1 aromatic rings. The highest BCUT2D eigenvalue weighted by atomic mass is 32.2. The maximum Gasteiger partial charge on any atom is 0.224 e. The number of benzene rings is 1. The maximum atomic E-state index is 10.6. The number of rotatable bonds is 3. The van der Waals surface area contributed by atoms with Crippen molar-refractivity contribution < 1.29 is 8.42 Å². The number of hydrogen-bond donors (Lipinski definition) is 3. The van der Waals surface area contributed by atoms with Gasteiger partial charge in [0.25, 0.3) is 0 Å². The average molecular weight is 201 g/mol. The van der Waals surface area contributed by atoms with Gasteiger partial charge in [-0.3, -0.25) is 10.1 Å². The van der Waals surface area contributed by atoms with Crippen LogP contribution in [0.15, 0.2) is 24.3 Å². The van der Waals surface area contributed by atoms with Gasteiger partial charge in [0.05, 0.1) is 5.69 Å². The molecule has 0 aliphatic heterocycles. The Kier molecular flexibility index (Phi) is 3.10. The minimum atomic E-state index is -2.57. The van der Waals surface area contributed by atoms with Gasteiger partial charge in [0.15, 0.2) is 0 Å². The number of nitrogens with zero attached hydrogens (tertiary/aromatic N) is 1. The summed E-state index contributed by atoms with van der Waals surface area (Å²) < 4.78 is 22.3. The van der Waals surface area contributed by atoms with Crippen molar-refractivity contribution >= 4 is 22.3 Å². The van der Waals surface area contributed by atoms with Gasteiger partial charge in [-0.25, -0.2) is 8.42 Å². The van der Waals surface area contributed by atoms with Gasteiger partial charge in [-0.15, -0.1) is 0 Å². The Morgan fingerprint density at radius 3 is 2.23 bits per heavy atom. The third kappa shape index (κ3) is 2.33. The smallest absolute Gasteiger partial charge is 0.224 e. The Labute approximate surface area is 78.2 Å². The van der Waals surface area contributed by atoms with Crippen molar-refractivity contribution in [2.24, 2.45) is 5.84 Å². The van der Waals surface area contributed by atoms with E-state index < -0.39 is 10.9 Å². The van der Waals surface area contributed by atoms with Gasteiger partial charge in [0.2, 0.25) is 10.9 Å². The fourth-order valence-electron chi connectivity index (χ4n) is 0.868. The van der Waals surface area contributed by atoms with Crippen LogP contribution in [0.5, 0.6) is 0 Å². The lowest BCUT2D eigenvalue weighted by molar-refractivity contribution is 0.613. The van der Waals surface area contributed by atoms with Crippen molar-refractivity contribution in [1.29, 1.82) is 0 Å². The molecule has 0 atom stereocenters. The van der Waals surface area contributed by atoms with Crippen LogP contribution < -0.4 is 15.6 Å². The fourth-order valence-corrected chi connectivity index (χ4v) is 1.19. The molecule has 6 heteroatoms. The standard InChI is InChI=1S/C7H11N3O2S/c1-10(13(11)12)7-4-2-6(9-8)3-5-7/h2-5,9,13H,8H2,1H3. The van der Waals surface area contributed by atoms with E-state index in [1.807, 2.05) is 0 Å². The van der Waals surface area contributed by atoms with Crippen LogP contribution in [0.25, 0.3) is 0 Å². The summed E-state index contributed by atoms with van der Waals surface area (Å²) in [6.07, 6.45) is 0. The summed E-state index contributed by atoms with van der Waals surface area (Å²) in [5.41, 5.74) is 3.79. The van der Waals surface area contributed by atoms with E-state index in [0.29, 0.717) is 5.69 Å². The first-order chi connectivity index (χ1) is 6.15. The van der Waals surface area contributed by atoms with E-state index in [0.717, 1.165) is 9.99 Å². The second-order valence-electron chi connectivity index (χ2n) is 2.45. The molecule has 0 saturated carbocycles. The monoisotopic (exact) mass is 201 g/mol. The summed E-state index contributed by atoms with van der Waals surface area (Å²) in [4.78, 5) is 0. The molecule has 13 heavy (non-hydrogen) atoms. The number of hydrogen-bond acceptors (Lipinski definition) is 4. The molecule has 0 aliphatic rings. The first-order valence-electron chi connectivity index (χ1n) is 3.60. The summed E-state index contributed by atoms with van der Waals surface area (Å²) in [6.45, 7) is 0. The Morgan fingerprint density at radius 2 is 1.85 bits per heavy atom. The molecule has 0 heterocycles. The van der Waals surface area contributed by atoms with Crippen molar-refractivity contribution in [3.63, 3.8) is 0 Å². The van der Waals surface area contributed by atoms with Gasteiger partial charge in [-0.1, -0.05) is 0 Å². The second-order valence-corrected chi connectivity index (χ2v) is 3.53. The molecule has 3 N–H and O–H groups in total. The van der Waals surface area contributed by atoms with Crippen LogP contribution in [0.4, 0.5) is 11.4 Å². The van der Waals surface area contributed by atoms with Gasteiger partial charge in [-0.05, 0) is 24.3 Å². The van der Waals surface area contributed by atoms with Crippen molar-refractivity contribution in [3.05, 3.63) is 24.3 Å². The normalized spacial score (nSPS) is 10.1. The number of nitrogens with one attached hydrogen (secondary N) is 1. The molecule has 0 unspecified atom stereocenters. The molecule has 1 rings (SSSR count). The molecule has 1 aromatic carbocycles. The number of hydrazine groups is 1. The van der Waals surface area contributed by atoms with Crippen molar-refractivity contribution in [3.8, 4) is 0 Å². The van der Waals surface area contributed by atoms with E-state index in [4.69, 9.17) is 5.84 Å². The predicted molar refractivity (Wildman–Crippen MR) is 53.0 cm³/mol. The molecule has 0 fully saturated rings. The van der Waals surface area contributed by atoms with E-state index in [9.17, 15) is 8.42 Å². The molecular formula is C7H11N3O2S. The van der Waals surface area contributed by atoms with Crippen LogP contribution >= 0.6 is 0 Å². The van der Waals surface area contributed by atoms with Crippen LogP contribution in [0.1, 0.15) is 0 Å². The Hall–Kier alpha value is -1.27. The Morgan fingerprint density at radius 1 is 1.31 bits per heavy atom. The summed E-state index contributed by atoms with van der Waals surface area (Å²) in [6, 6.07) is 6.73. The van der Waals surface area contributed by atoms with Crippen molar-refractivity contribution in [2.75, 3.05) is 16.8 Å². The average Bonchev–Trinajstić information content (AvgIpc) is 2.17. The zero-order valence-corrected chi connectivity index (χ0v) is 7.99. The molecule has 0 radical (unpaired) electrons. The lowest BCUT2D eigenvalue weighted by Crippen LogP contribution is -2.14. The van der Waals surface area contributed by atoms with E-state index in [1.165, 1.54) is 7.05 Å². The van der Waals surface area contributed by atoms with Gasteiger partial charge >= 0.3 is 0 Å². The lowest BCUT2D eigenvalue weighted by atomic mass is 10.3. The highest BCUT2D eigenvalue weighted by molar-refractivity contribution is 7.74. The number of nitrogens with two attached hydrogens (primary N) is 1. The van der Waals surface area contributed by atoms with Crippen LogP contribution in [-0.2, 0) is 10.9 Å². The van der Waals surface area contributed by atoms with Gasteiger partial charge < -0.3 is 5.43 Å². The van der Waals surface area contributed by atoms with E-state index in [-0.39, 0.29) is 0 Å². The molecule has 5 nitrogen and oxygen atoms in total. The van der Waals surface area contributed by atoms with Crippen molar-refractivity contribution in [1.82, 2.24) is 0 Å². The van der Waals surface area contributed by atoms with Crippen molar-refractivity contribution in [2.45, 2.75) is 0 Å². The molecule has 0 aliphatic carbocycles. The van der Waals surface area contributed by atoms with E-state index in [2.05, 4.69) is 5.43 Å². The molecule has 0 spiro atoms. The first-order valence-corrected chi connectivity index (χ1v) is 4.73. The quantitative estimate of drug-likeness (QED) is 0.363. The zero-order valence-electron chi connectivity index (χ0n) is 7.10. The zero-order chi connectivity index (χ0) is 9.84. The van der Waals surface area contributed by atoms with Crippen LogP contribution in [-0.4, -0.2) is 15.5 Å². The van der Waals surface area contributed by atoms with Crippen LogP contribution in [0.3, 0.4) is 0 Å². The molecule has 0 amide bonds. The number of anilines is 2. The summed E-state index contributed by atoms with van der Waals surface area (Å²) in [5, 5.41) is 0. The van der Waals surface area contributed by atoms with Crippen LogP contribution in [0, 0.1) is 0 Å². The number of nitrogen functional groups attached to an aromatic ring is 1. The topological polar surface area (TPSA) is 75.4 Å². The second kappa shape index (κ2) is 4.11. The highest BCUT2D eigenvalue weighted by Gasteiger charge is 2.00. The van der Waals surface area contributed by atoms with E-state index in [1.54, 1.807) is 24.3 Å². The lowest BCUT2D eigenvalue weighted by Gasteiger charge is -2.10. The van der Waals surface area contributed by atoms with Crippen LogP contribution in [0.2, 0.25) is 0 Å².